The van der Waals surface area contributed by atoms with Crippen molar-refractivity contribution in [2.45, 2.75) is 18.5 Å². The van der Waals surface area contributed by atoms with E-state index in [1.54, 1.807) is 18.3 Å². The van der Waals surface area contributed by atoms with Gasteiger partial charge in [0.2, 0.25) is 0 Å². The van der Waals surface area contributed by atoms with Gasteiger partial charge in [0.25, 0.3) is 5.91 Å². The van der Waals surface area contributed by atoms with Crippen LogP contribution in [0.5, 0.6) is 0 Å². The second-order valence-corrected chi connectivity index (χ2v) is 7.79. The van der Waals surface area contributed by atoms with Crippen LogP contribution in [-0.4, -0.2) is 15.8 Å². The van der Waals surface area contributed by atoms with E-state index in [1.807, 2.05) is 29.6 Å². The molecule has 3 heterocycles. The maximum absolute atomic E-state index is 13.3. The zero-order valence-corrected chi connectivity index (χ0v) is 15.0. The van der Waals surface area contributed by atoms with Crippen LogP contribution in [0.15, 0.2) is 58.8 Å². The molecular formula is C17H15FN4OS2. The maximum Gasteiger partial charge on any atom is 0.259 e. The summed E-state index contributed by atoms with van der Waals surface area (Å²) in [5.74, 6) is -0.421. The number of allylic oxidation sites excluding steroid dienone is 1. The normalized spacial score (nSPS) is 21.4. The molecule has 1 atom stereocenters. The average Bonchev–Trinajstić information content (AvgIpc) is 3.32. The largest absolute Gasteiger partial charge is 0.355 e. The molecule has 2 aliphatic heterocycles. The van der Waals surface area contributed by atoms with Gasteiger partial charge in [0, 0.05) is 35.2 Å². The highest BCUT2D eigenvalue weighted by Gasteiger charge is 2.49. The summed E-state index contributed by atoms with van der Waals surface area (Å²) in [6, 6.07) is 6.33. The number of nitrogens with one attached hydrogen (secondary N) is 2. The van der Waals surface area contributed by atoms with Gasteiger partial charge in [-0.2, -0.15) is 0 Å². The highest BCUT2D eigenvalue weighted by Crippen LogP contribution is 2.52. The summed E-state index contributed by atoms with van der Waals surface area (Å²) < 4.78 is 13.3. The number of halogens is 1. The predicted octanol–water partition coefficient (Wildman–Crippen LogP) is 3.06. The number of thiazole rings is 1. The molecule has 5 nitrogen and oxygen atoms in total. The Bertz CT molecular complexity index is 863. The van der Waals surface area contributed by atoms with E-state index >= 15 is 0 Å². The van der Waals surface area contributed by atoms with E-state index in [-0.39, 0.29) is 11.7 Å². The summed E-state index contributed by atoms with van der Waals surface area (Å²) in [4.78, 5) is 18.8. The molecule has 0 fully saturated rings. The first-order valence-electron chi connectivity index (χ1n) is 7.66. The molecule has 1 aromatic carbocycles. The second kappa shape index (κ2) is 6.20. The fraction of sp³-hybridized carbons (Fsp3) is 0.176. The topological polar surface area (TPSA) is 57.3 Å². The summed E-state index contributed by atoms with van der Waals surface area (Å²) in [6.07, 6.45) is 5.45. The van der Waals surface area contributed by atoms with Crippen LogP contribution < -0.4 is 10.6 Å². The molecule has 8 heteroatoms. The number of hydrogen-bond acceptors (Lipinski definition) is 6. The molecule has 0 bridgehead atoms. The smallest absolute Gasteiger partial charge is 0.259 e. The van der Waals surface area contributed by atoms with Crippen LogP contribution in [0.2, 0.25) is 0 Å². The number of thioether (sulfide) groups is 1. The van der Waals surface area contributed by atoms with Crippen LogP contribution in [-0.2, 0) is 16.3 Å². The summed E-state index contributed by atoms with van der Waals surface area (Å²) in [6.45, 7) is 2.31. The fourth-order valence-electron chi connectivity index (χ4n) is 2.90. The van der Waals surface area contributed by atoms with E-state index in [9.17, 15) is 9.18 Å². The molecular weight excluding hydrogens is 359 g/mol. The number of rotatable bonds is 4. The van der Waals surface area contributed by atoms with Gasteiger partial charge in [-0.15, -0.1) is 11.3 Å². The van der Waals surface area contributed by atoms with Crippen LogP contribution in [0.3, 0.4) is 0 Å². The van der Waals surface area contributed by atoms with E-state index in [0.29, 0.717) is 11.4 Å². The van der Waals surface area contributed by atoms with Crippen LogP contribution in [0.4, 0.5) is 4.39 Å². The van der Waals surface area contributed by atoms with Gasteiger partial charge in [0.1, 0.15) is 10.8 Å². The van der Waals surface area contributed by atoms with E-state index in [4.69, 9.17) is 0 Å². The molecule has 1 amide bonds. The monoisotopic (exact) mass is 374 g/mol. The third-order valence-corrected chi connectivity index (χ3v) is 6.42. The molecule has 0 aliphatic carbocycles. The number of aromatic nitrogens is 1. The lowest BCUT2D eigenvalue weighted by molar-refractivity contribution is -0.117. The molecule has 1 unspecified atom stereocenters. The van der Waals surface area contributed by atoms with Gasteiger partial charge in [-0.1, -0.05) is 23.9 Å². The van der Waals surface area contributed by atoms with Crippen molar-refractivity contribution in [2.24, 2.45) is 0 Å². The molecule has 1 aromatic heterocycles. The lowest BCUT2D eigenvalue weighted by Gasteiger charge is -2.33. The van der Waals surface area contributed by atoms with Crippen molar-refractivity contribution < 1.29 is 9.18 Å². The summed E-state index contributed by atoms with van der Waals surface area (Å²) in [5.41, 5.74) is 1.73. The first kappa shape index (κ1) is 16.2. The molecule has 0 spiro atoms. The predicted molar refractivity (Wildman–Crippen MR) is 96.4 cm³/mol. The van der Waals surface area contributed by atoms with Crippen molar-refractivity contribution in [3.8, 4) is 0 Å². The van der Waals surface area contributed by atoms with E-state index in [0.717, 1.165) is 16.3 Å². The lowest BCUT2D eigenvalue weighted by atomic mass is 10.1. The summed E-state index contributed by atoms with van der Waals surface area (Å²) in [5, 5.41) is 8.96. The minimum Gasteiger partial charge on any atom is -0.355 e. The van der Waals surface area contributed by atoms with Crippen LogP contribution in [0.25, 0.3) is 0 Å². The standard InChI is InChI=1S/C17H15FN4OS2/c1-11-15(16(23)20-10-14-19-7-9-24-14)25-17(21-6-8-22(11)17)12-2-4-13(18)5-3-12/h2-9,21H,10H2,1H3,(H,20,23). The highest BCUT2D eigenvalue weighted by molar-refractivity contribution is 8.05. The third-order valence-electron chi connectivity index (χ3n) is 4.11. The number of carbonyl (C=O) groups is 1. The van der Waals surface area contributed by atoms with Crippen molar-refractivity contribution in [1.29, 1.82) is 0 Å². The number of fused-ring (bicyclic) bond motifs is 1. The van der Waals surface area contributed by atoms with Crippen molar-refractivity contribution in [1.82, 2.24) is 20.5 Å². The Kier molecular flexibility index (Phi) is 4.01. The van der Waals surface area contributed by atoms with Gasteiger partial charge in [0.05, 0.1) is 11.4 Å². The lowest BCUT2D eigenvalue weighted by Crippen LogP contribution is -2.41. The van der Waals surface area contributed by atoms with Crippen molar-refractivity contribution >= 4 is 29.0 Å². The molecule has 2 aliphatic rings. The number of nitrogens with zero attached hydrogens (tertiary/aromatic N) is 2. The molecule has 0 saturated heterocycles. The molecule has 0 radical (unpaired) electrons. The van der Waals surface area contributed by atoms with Crippen molar-refractivity contribution in [3.05, 3.63) is 75.2 Å². The van der Waals surface area contributed by atoms with Crippen LogP contribution >= 0.6 is 23.1 Å². The Morgan fingerprint density at radius 3 is 2.92 bits per heavy atom. The number of amides is 1. The Morgan fingerprint density at radius 2 is 2.20 bits per heavy atom. The first-order valence-corrected chi connectivity index (χ1v) is 9.36. The second-order valence-electron chi connectivity index (χ2n) is 5.61. The minimum atomic E-state index is -0.647. The molecule has 4 rings (SSSR count). The zero-order chi connectivity index (χ0) is 17.4. The van der Waals surface area contributed by atoms with E-state index < -0.39 is 4.99 Å². The van der Waals surface area contributed by atoms with Gasteiger partial charge in [-0.3, -0.25) is 4.79 Å². The molecule has 0 saturated carbocycles. The number of carbonyl (C=O) groups excluding carboxylic acids is 1. The van der Waals surface area contributed by atoms with Crippen molar-refractivity contribution in [3.63, 3.8) is 0 Å². The van der Waals surface area contributed by atoms with Crippen LogP contribution in [0.1, 0.15) is 17.5 Å². The van der Waals surface area contributed by atoms with Crippen molar-refractivity contribution in [2.75, 3.05) is 0 Å². The van der Waals surface area contributed by atoms with Crippen LogP contribution in [0, 0.1) is 5.82 Å². The van der Waals surface area contributed by atoms with E-state index in [2.05, 4.69) is 15.6 Å². The van der Waals surface area contributed by atoms with Gasteiger partial charge in [-0.25, -0.2) is 9.37 Å². The number of hydrogen-bond donors (Lipinski definition) is 2. The molecule has 25 heavy (non-hydrogen) atoms. The molecule has 128 valence electrons. The molecule has 2 aromatic rings. The summed E-state index contributed by atoms with van der Waals surface area (Å²) >= 11 is 2.93. The average molecular weight is 374 g/mol. The quantitative estimate of drug-likeness (QED) is 0.861. The fourth-order valence-corrected chi connectivity index (χ4v) is 4.84. The highest BCUT2D eigenvalue weighted by atomic mass is 32.2. The maximum atomic E-state index is 13.3. The third kappa shape index (κ3) is 2.71. The minimum absolute atomic E-state index is 0.135. The Balaban J connectivity index is 1.58. The first-order chi connectivity index (χ1) is 12.1. The van der Waals surface area contributed by atoms with Gasteiger partial charge in [0.15, 0.2) is 4.99 Å². The van der Waals surface area contributed by atoms with Gasteiger partial charge >= 0.3 is 0 Å². The zero-order valence-electron chi connectivity index (χ0n) is 13.3. The molecule has 2 N–H and O–H groups in total. The Hall–Kier alpha value is -2.32. The Morgan fingerprint density at radius 1 is 1.40 bits per heavy atom. The van der Waals surface area contributed by atoms with Gasteiger partial charge < -0.3 is 15.5 Å². The Labute approximate surface area is 152 Å². The summed E-state index contributed by atoms with van der Waals surface area (Å²) in [7, 11) is 0. The van der Waals surface area contributed by atoms with E-state index in [1.165, 1.54) is 35.2 Å². The van der Waals surface area contributed by atoms with Gasteiger partial charge in [-0.05, 0) is 19.1 Å². The number of benzene rings is 1. The SMILES string of the molecule is CC1=C(C(=O)NCc2nccs2)SC2(c3ccc(F)cc3)NC=CN12.